The Kier molecular flexibility index (Phi) is 4.89. The van der Waals surface area contributed by atoms with Crippen molar-refractivity contribution >= 4 is 23.4 Å². The average molecular weight is 318 g/mol. The van der Waals surface area contributed by atoms with Crippen molar-refractivity contribution in [3.05, 3.63) is 64.2 Å². The molecule has 0 aliphatic carbocycles. The van der Waals surface area contributed by atoms with Crippen molar-refractivity contribution in [2.24, 2.45) is 0 Å². The van der Waals surface area contributed by atoms with Gasteiger partial charge in [0.25, 0.3) is 0 Å². The van der Waals surface area contributed by atoms with E-state index in [4.69, 9.17) is 11.6 Å². The maximum Gasteiger partial charge on any atom is 0.0410 e. The van der Waals surface area contributed by atoms with Gasteiger partial charge in [0.15, 0.2) is 0 Å². The first-order valence-electron chi connectivity index (χ1n) is 7.49. The molecule has 0 fully saturated rings. The molecule has 0 saturated carbocycles. The van der Waals surface area contributed by atoms with Gasteiger partial charge in [0, 0.05) is 22.5 Å². The summed E-state index contributed by atoms with van der Waals surface area (Å²) in [5.41, 5.74) is 4.09. The van der Waals surface area contributed by atoms with Gasteiger partial charge in [-0.2, -0.15) is 0 Å². The van der Waals surface area contributed by atoms with Crippen LogP contribution < -0.4 is 5.32 Å². The third kappa shape index (κ3) is 3.63. The molecule has 1 atom stereocenters. The molecule has 3 rings (SSSR count). The van der Waals surface area contributed by atoms with Crippen molar-refractivity contribution in [2.75, 3.05) is 5.75 Å². The highest BCUT2D eigenvalue weighted by molar-refractivity contribution is 7.99. The Hall–Kier alpha value is -0.960. The van der Waals surface area contributed by atoms with E-state index in [1.54, 1.807) is 0 Å². The van der Waals surface area contributed by atoms with Gasteiger partial charge in [0.05, 0.1) is 0 Å². The number of hydrogen-bond donors (Lipinski definition) is 1. The zero-order valence-corrected chi connectivity index (χ0v) is 13.8. The fourth-order valence-corrected chi connectivity index (χ4v) is 4.00. The van der Waals surface area contributed by atoms with Crippen molar-refractivity contribution in [1.29, 1.82) is 0 Å². The van der Waals surface area contributed by atoms with Crippen LogP contribution in [0.5, 0.6) is 0 Å². The van der Waals surface area contributed by atoms with Gasteiger partial charge in [-0.25, -0.2) is 0 Å². The molecule has 110 valence electrons. The van der Waals surface area contributed by atoms with Crippen molar-refractivity contribution in [3.63, 3.8) is 0 Å². The Morgan fingerprint density at radius 2 is 1.90 bits per heavy atom. The lowest BCUT2D eigenvalue weighted by Gasteiger charge is -2.26. The fraction of sp³-hybridized carbons (Fsp3) is 0.333. The first kappa shape index (κ1) is 15.0. The molecule has 0 bridgehead atoms. The zero-order valence-electron chi connectivity index (χ0n) is 12.2. The highest BCUT2D eigenvalue weighted by atomic mass is 35.5. The van der Waals surface area contributed by atoms with Crippen molar-refractivity contribution in [3.8, 4) is 0 Å². The van der Waals surface area contributed by atoms with Gasteiger partial charge in [-0.05, 0) is 53.5 Å². The molecule has 2 aromatic carbocycles. The van der Waals surface area contributed by atoms with E-state index in [0.717, 1.165) is 24.4 Å². The molecular formula is C18H20ClNS. The minimum Gasteiger partial charge on any atom is -0.306 e. The van der Waals surface area contributed by atoms with Crippen LogP contribution in [0.15, 0.2) is 47.4 Å². The standard InChI is InChI=1S/C18H20ClNS/c1-2-13-3-5-14(6-4-13)12-20-17-9-10-21-18-8-7-15(19)11-16(17)18/h3-8,11,17,20H,2,9-10,12H2,1H3. The van der Waals surface area contributed by atoms with Gasteiger partial charge in [-0.1, -0.05) is 42.8 Å². The van der Waals surface area contributed by atoms with Crippen molar-refractivity contribution in [1.82, 2.24) is 5.32 Å². The van der Waals surface area contributed by atoms with Gasteiger partial charge in [0.1, 0.15) is 0 Å². The van der Waals surface area contributed by atoms with Gasteiger partial charge in [0.2, 0.25) is 0 Å². The van der Waals surface area contributed by atoms with Crippen molar-refractivity contribution < 1.29 is 0 Å². The number of nitrogens with one attached hydrogen (secondary N) is 1. The lowest BCUT2D eigenvalue weighted by molar-refractivity contribution is 0.510. The number of hydrogen-bond acceptors (Lipinski definition) is 2. The summed E-state index contributed by atoms with van der Waals surface area (Å²) in [6.45, 7) is 3.10. The van der Waals surface area contributed by atoms with E-state index >= 15 is 0 Å². The van der Waals surface area contributed by atoms with E-state index in [-0.39, 0.29) is 0 Å². The van der Waals surface area contributed by atoms with Gasteiger partial charge in [-0.15, -0.1) is 11.8 Å². The molecule has 1 N–H and O–H groups in total. The number of thioether (sulfide) groups is 1. The monoisotopic (exact) mass is 317 g/mol. The van der Waals surface area contributed by atoms with Crippen LogP contribution in [0.2, 0.25) is 5.02 Å². The molecule has 2 aromatic rings. The summed E-state index contributed by atoms with van der Waals surface area (Å²) >= 11 is 8.08. The Labute approximate surface area is 136 Å². The second kappa shape index (κ2) is 6.87. The summed E-state index contributed by atoms with van der Waals surface area (Å²) in [5.74, 6) is 1.17. The maximum absolute atomic E-state index is 6.16. The molecule has 1 aliphatic rings. The van der Waals surface area contributed by atoms with Crippen LogP contribution in [0.25, 0.3) is 0 Å². The molecule has 0 aromatic heterocycles. The number of rotatable bonds is 4. The molecule has 1 heterocycles. The summed E-state index contributed by atoms with van der Waals surface area (Å²) in [6, 6.07) is 15.5. The molecule has 0 amide bonds. The SMILES string of the molecule is CCc1ccc(CNC2CCSc3ccc(Cl)cc32)cc1. The fourth-order valence-electron chi connectivity index (χ4n) is 2.71. The topological polar surface area (TPSA) is 12.0 Å². The van der Waals surface area contributed by atoms with Crippen LogP contribution in [-0.2, 0) is 13.0 Å². The first-order valence-corrected chi connectivity index (χ1v) is 8.86. The van der Waals surface area contributed by atoms with Gasteiger partial charge < -0.3 is 5.32 Å². The third-order valence-electron chi connectivity index (χ3n) is 4.00. The lowest BCUT2D eigenvalue weighted by atomic mass is 10.0. The van der Waals surface area contributed by atoms with E-state index in [1.807, 2.05) is 17.8 Å². The second-order valence-corrected chi connectivity index (χ2v) is 7.00. The summed E-state index contributed by atoms with van der Waals surface area (Å²) < 4.78 is 0. The van der Waals surface area contributed by atoms with Crippen LogP contribution in [0, 0.1) is 0 Å². The molecule has 1 nitrogen and oxygen atoms in total. The highest BCUT2D eigenvalue weighted by Crippen LogP contribution is 2.37. The molecule has 0 spiro atoms. The smallest absolute Gasteiger partial charge is 0.0410 e. The Bertz CT molecular complexity index is 609. The predicted octanol–water partition coefficient (Wildman–Crippen LogP) is 5.23. The Morgan fingerprint density at radius 1 is 1.14 bits per heavy atom. The maximum atomic E-state index is 6.16. The molecule has 0 saturated heterocycles. The van der Waals surface area contributed by atoms with Crippen LogP contribution in [0.1, 0.15) is 36.1 Å². The van der Waals surface area contributed by atoms with E-state index in [1.165, 1.54) is 27.3 Å². The van der Waals surface area contributed by atoms with Crippen LogP contribution in [0.4, 0.5) is 0 Å². The largest absolute Gasteiger partial charge is 0.306 e. The summed E-state index contributed by atoms with van der Waals surface area (Å²) in [6.07, 6.45) is 2.25. The summed E-state index contributed by atoms with van der Waals surface area (Å²) in [7, 11) is 0. The molecule has 1 aliphatic heterocycles. The summed E-state index contributed by atoms with van der Waals surface area (Å²) in [5, 5.41) is 4.52. The molecule has 0 radical (unpaired) electrons. The molecule has 1 unspecified atom stereocenters. The average Bonchev–Trinajstić information content (AvgIpc) is 2.53. The molecular weight excluding hydrogens is 298 g/mol. The van der Waals surface area contributed by atoms with E-state index in [2.05, 4.69) is 48.6 Å². The van der Waals surface area contributed by atoms with Gasteiger partial charge in [-0.3, -0.25) is 0 Å². The third-order valence-corrected chi connectivity index (χ3v) is 5.35. The zero-order chi connectivity index (χ0) is 14.7. The number of benzene rings is 2. The van der Waals surface area contributed by atoms with E-state index in [0.29, 0.717) is 6.04 Å². The van der Waals surface area contributed by atoms with E-state index < -0.39 is 0 Å². The lowest BCUT2D eigenvalue weighted by Crippen LogP contribution is -2.24. The highest BCUT2D eigenvalue weighted by Gasteiger charge is 2.20. The van der Waals surface area contributed by atoms with Crippen LogP contribution in [-0.4, -0.2) is 5.75 Å². The van der Waals surface area contributed by atoms with Crippen LogP contribution >= 0.6 is 23.4 Å². The van der Waals surface area contributed by atoms with Crippen molar-refractivity contribution in [2.45, 2.75) is 37.2 Å². The van der Waals surface area contributed by atoms with Gasteiger partial charge >= 0.3 is 0 Å². The predicted molar refractivity (Wildman–Crippen MR) is 92.2 cm³/mol. The number of fused-ring (bicyclic) bond motifs is 1. The van der Waals surface area contributed by atoms with E-state index in [9.17, 15) is 0 Å². The number of aryl methyl sites for hydroxylation is 1. The Balaban J connectivity index is 1.70. The first-order chi connectivity index (χ1) is 10.3. The Morgan fingerprint density at radius 3 is 2.67 bits per heavy atom. The number of halogens is 1. The minimum absolute atomic E-state index is 0.408. The molecule has 3 heteroatoms. The minimum atomic E-state index is 0.408. The van der Waals surface area contributed by atoms with Crippen LogP contribution in [0.3, 0.4) is 0 Å². The second-order valence-electron chi connectivity index (χ2n) is 5.42. The molecule has 21 heavy (non-hydrogen) atoms. The quantitative estimate of drug-likeness (QED) is 0.828. The summed E-state index contributed by atoms with van der Waals surface area (Å²) in [4.78, 5) is 1.37. The normalized spacial score (nSPS) is 17.5.